The molecule has 0 radical (unpaired) electrons. The second-order valence-corrected chi connectivity index (χ2v) is 5.33. The number of carbonyl (C=O) groups is 2. The van der Waals surface area contributed by atoms with Crippen LogP contribution in [0.2, 0.25) is 0 Å². The van der Waals surface area contributed by atoms with Gasteiger partial charge in [0.25, 0.3) is 0 Å². The summed E-state index contributed by atoms with van der Waals surface area (Å²) < 4.78 is 4.66. The lowest BCUT2D eigenvalue weighted by Gasteiger charge is -2.11. The zero-order valence-corrected chi connectivity index (χ0v) is 12.4. The van der Waals surface area contributed by atoms with E-state index in [1.807, 2.05) is 24.3 Å². The molecule has 0 heterocycles. The van der Waals surface area contributed by atoms with Crippen LogP contribution in [0.4, 0.5) is 0 Å². The van der Waals surface area contributed by atoms with E-state index >= 15 is 0 Å². The number of hydrogen-bond acceptors (Lipinski definition) is 4. The molecule has 1 aromatic rings. The summed E-state index contributed by atoms with van der Waals surface area (Å²) in [5.41, 5.74) is 2.09. The Labute approximate surface area is 119 Å². The van der Waals surface area contributed by atoms with Gasteiger partial charge in [-0.05, 0) is 30.4 Å². The summed E-state index contributed by atoms with van der Waals surface area (Å²) in [6.45, 7) is 6.06. The van der Waals surface area contributed by atoms with Gasteiger partial charge in [-0.3, -0.25) is 9.59 Å². The van der Waals surface area contributed by atoms with Crippen molar-refractivity contribution in [1.82, 2.24) is 0 Å². The second kappa shape index (κ2) is 7.34. The number of carbonyl (C=O) groups excluding carboxylic acids is 2. The minimum Gasteiger partial charge on any atom is -0.392 e. The fraction of sp³-hybridized carbons (Fsp3) is 0.467. The lowest BCUT2D eigenvalue weighted by atomic mass is 9.97. The van der Waals surface area contributed by atoms with Crippen molar-refractivity contribution in [3.8, 4) is 0 Å². The van der Waals surface area contributed by atoms with Crippen molar-refractivity contribution in [2.24, 2.45) is 5.92 Å². The molecule has 0 N–H and O–H groups in total. The molecule has 4 heteroatoms. The molecule has 0 fully saturated rings. The quantitative estimate of drug-likeness (QED) is 0.512. The lowest BCUT2D eigenvalue weighted by molar-refractivity contribution is -0.158. The summed E-state index contributed by atoms with van der Waals surface area (Å²) in [5, 5.41) is 0. The van der Waals surface area contributed by atoms with Gasteiger partial charge in [-0.25, -0.2) is 0 Å². The molecule has 1 rings (SSSR count). The van der Waals surface area contributed by atoms with Crippen LogP contribution in [0.1, 0.15) is 37.8 Å². The summed E-state index contributed by atoms with van der Waals surface area (Å²) >= 11 is 3.76. The van der Waals surface area contributed by atoms with Crippen LogP contribution in [0.3, 0.4) is 0 Å². The van der Waals surface area contributed by atoms with Crippen molar-refractivity contribution in [3.05, 3.63) is 35.4 Å². The number of ether oxygens (including phenoxy) is 1. The summed E-state index contributed by atoms with van der Waals surface area (Å²) in [6.07, 6.45) is 1.01. The van der Waals surface area contributed by atoms with Crippen LogP contribution in [-0.4, -0.2) is 17.7 Å². The van der Waals surface area contributed by atoms with Crippen molar-refractivity contribution >= 4 is 24.6 Å². The van der Waals surface area contributed by atoms with Gasteiger partial charge in [0, 0.05) is 0 Å². The summed E-state index contributed by atoms with van der Waals surface area (Å²) in [4.78, 5) is 22.7. The highest BCUT2D eigenvalue weighted by atomic mass is 32.1. The van der Waals surface area contributed by atoms with Crippen LogP contribution in [0.5, 0.6) is 0 Å². The van der Waals surface area contributed by atoms with E-state index in [1.165, 1.54) is 5.56 Å². The molecule has 19 heavy (non-hydrogen) atoms. The highest BCUT2D eigenvalue weighted by molar-refractivity contribution is 7.81. The first-order chi connectivity index (χ1) is 8.93. The van der Waals surface area contributed by atoms with Gasteiger partial charge in [0.05, 0.1) is 11.7 Å². The van der Waals surface area contributed by atoms with E-state index in [4.69, 9.17) is 0 Å². The SMILES string of the molecule is CC(C)Cc1ccc(C(C)C(=O)OC(=O)CS)cc1. The molecule has 1 aromatic carbocycles. The van der Waals surface area contributed by atoms with Gasteiger partial charge in [-0.1, -0.05) is 38.1 Å². The van der Waals surface area contributed by atoms with Crippen molar-refractivity contribution < 1.29 is 14.3 Å². The van der Waals surface area contributed by atoms with Crippen LogP contribution in [0, 0.1) is 5.92 Å². The zero-order valence-electron chi connectivity index (χ0n) is 11.6. The van der Waals surface area contributed by atoms with Crippen LogP contribution in [-0.2, 0) is 20.7 Å². The van der Waals surface area contributed by atoms with E-state index in [0.29, 0.717) is 5.92 Å². The summed E-state index contributed by atoms with van der Waals surface area (Å²) in [6, 6.07) is 7.85. The smallest absolute Gasteiger partial charge is 0.323 e. The van der Waals surface area contributed by atoms with E-state index in [1.54, 1.807) is 6.92 Å². The third-order valence-electron chi connectivity index (χ3n) is 2.82. The second-order valence-electron chi connectivity index (χ2n) is 5.01. The number of esters is 2. The molecule has 104 valence electrons. The Balaban J connectivity index is 2.69. The number of hydrogen-bond donors (Lipinski definition) is 1. The molecule has 0 aliphatic carbocycles. The van der Waals surface area contributed by atoms with Gasteiger partial charge < -0.3 is 4.74 Å². The van der Waals surface area contributed by atoms with E-state index in [9.17, 15) is 9.59 Å². The summed E-state index contributed by atoms with van der Waals surface area (Å²) in [7, 11) is 0. The number of benzene rings is 1. The van der Waals surface area contributed by atoms with Gasteiger partial charge in [-0.15, -0.1) is 0 Å². The van der Waals surface area contributed by atoms with Gasteiger partial charge in [-0.2, -0.15) is 12.6 Å². The molecule has 0 saturated carbocycles. The predicted molar refractivity (Wildman–Crippen MR) is 78.4 cm³/mol. The Bertz CT molecular complexity index is 437. The average molecular weight is 280 g/mol. The minimum atomic E-state index is -0.614. The van der Waals surface area contributed by atoms with E-state index < -0.39 is 17.9 Å². The highest BCUT2D eigenvalue weighted by Crippen LogP contribution is 2.19. The zero-order chi connectivity index (χ0) is 14.4. The first-order valence-corrected chi connectivity index (χ1v) is 7.01. The normalized spacial score (nSPS) is 12.3. The van der Waals surface area contributed by atoms with Crippen molar-refractivity contribution in [1.29, 1.82) is 0 Å². The molecule has 0 aromatic heterocycles. The van der Waals surface area contributed by atoms with Gasteiger partial charge in [0.1, 0.15) is 0 Å². The lowest BCUT2D eigenvalue weighted by Crippen LogP contribution is -2.18. The van der Waals surface area contributed by atoms with Gasteiger partial charge in [0.15, 0.2) is 0 Å². The fourth-order valence-corrected chi connectivity index (χ4v) is 1.85. The first kappa shape index (κ1) is 15.8. The predicted octanol–water partition coefficient (Wildman–Crippen LogP) is 2.99. The maximum absolute atomic E-state index is 11.7. The van der Waals surface area contributed by atoms with Crippen LogP contribution < -0.4 is 0 Å². The van der Waals surface area contributed by atoms with Gasteiger partial charge >= 0.3 is 11.9 Å². The molecular formula is C15H20O3S. The third-order valence-corrected chi connectivity index (χ3v) is 3.08. The van der Waals surface area contributed by atoms with Crippen molar-refractivity contribution in [2.45, 2.75) is 33.1 Å². The topological polar surface area (TPSA) is 43.4 Å². The molecular weight excluding hydrogens is 260 g/mol. The molecule has 3 nitrogen and oxygen atoms in total. The Morgan fingerprint density at radius 2 is 1.74 bits per heavy atom. The largest absolute Gasteiger partial charge is 0.392 e. The highest BCUT2D eigenvalue weighted by Gasteiger charge is 2.19. The molecule has 0 saturated heterocycles. The first-order valence-electron chi connectivity index (χ1n) is 6.38. The minimum absolute atomic E-state index is 0.0915. The number of thiol groups is 1. The van der Waals surface area contributed by atoms with E-state index in [0.717, 1.165) is 12.0 Å². The molecule has 0 spiro atoms. The maximum Gasteiger partial charge on any atom is 0.323 e. The van der Waals surface area contributed by atoms with Crippen LogP contribution in [0.25, 0.3) is 0 Å². The average Bonchev–Trinajstić information content (AvgIpc) is 2.37. The molecule has 0 amide bonds. The van der Waals surface area contributed by atoms with Crippen LogP contribution >= 0.6 is 12.6 Å². The number of rotatable bonds is 5. The third kappa shape index (κ3) is 5.07. The molecule has 0 aliphatic rings. The van der Waals surface area contributed by atoms with Crippen molar-refractivity contribution in [3.63, 3.8) is 0 Å². The van der Waals surface area contributed by atoms with E-state index in [-0.39, 0.29) is 5.75 Å². The molecule has 0 bridgehead atoms. The molecule has 1 atom stereocenters. The summed E-state index contributed by atoms with van der Waals surface area (Å²) in [5.74, 6) is -1.09. The monoisotopic (exact) mass is 280 g/mol. The molecule has 0 aliphatic heterocycles. The van der Waals surface area contributed by atoms with E-state index in [2.05, 4.69) is 31.2 Å². The Kier molecular flexibility index (Phi) is 6.09. The Hall–Kier alpha value is -1.29. The molecule has 1 unspecified atom stereocenters. The van der Waals surface area contributed by atoms with Gasteiger partial charge in [0.2, 0.25) is 0 Å². The fourth-order valence-electron chi connectivity index (χ4n) is 1.78. The Morgan fingerprint density at radius 3 is 2.21 bits per heavy atom. The standard InChI is InChI=1S/C15H20O3S/c1-10(2)8-12-4-6-13(7-5-12)11(3)15(17)18-14(16)9-19/h4-7,10-11,19H,8-9H2,1-3H3. The van der Waals surface area contributed by atoms with Crippen LogP contribution in [0.15, 0.2) is 24.3 Å². The Morgan fingerprint density at radius 1 is 1.16 bits per heavy atom. The van der Waals surface area contributed by atoms with Crippen molar-refractivity contribution in [2.75, 3.05) is 5.75 Å². The maximum atomic E-state index is 11.7.